The molecule has 0 radical (unpaired) electrons. The molecule has 5 aromatic rings. The number of halogens is 1. The van der Waals surface area contributed by atoms with Gasteiger partial charge in [0.1, 0.15) is 11.3 Å². The number of carbonyl (C=O) groups excluding carboxylic acids is 4. The van der Waals surface area contributed by atoms with Crippen LogP contribution in [-0.4, -0.2) is 63.9 Å². The van der Waals surface area contributed by atoms with Gasteiger partial charge in [0.2, 0.25) is 6.23 Å². The first-order valence-electron chi connectivity index (χ1n) is 20.1. The number of hydrogen-bond donors (Lipinski definition) is 1. The van der Waals surface area contributed by atoms with Crippen LogP contribution in [0.1, 0.15) is 94.0 Å². The van der Waals surface area contributed by atoms with Crippen LogP contribution < -0.4 is 15.7 Å². The highest BCUT2D eigenvalue weighted by molar-refractivity contribution is 6.31. The first kappa shape index (κ1) is 42.0. The van der Waals surface area contributed by atoms with Crippen molar-refractivity contribution in [3.63, 3.8) is 0 Å². The maximum Gasteiger partial charge on any atom is 0.337 e. The highest BCUT2D eigenvalue weighted by Gasteiger charge is 2.53. The molecule has 3 heterocycles. The number of hydrogen-bond acceptors (Lipinski definition) is 9. The molecule has 0 bridgehead atoms. The molecule has 3 aromatic carbocycles. The molecule has 2 unspecified atom stereocenters. The molecule has 1 N–H and O–H groups in total. The third-order valence-electron chi connectivity index (χ3n) is 10.1. The summed E-state index contributed by atoms with van der Waals surface area (Å²) in [6, 6.07) is 20.1. The fourth-order valence-corrected chi connectivity index (χ4v) is 7.32. The standard InChI is InChI=1S/C45H49ClN4O8/c1-3-5-6-7-8-9-10-11-12-18-25-57-36-24-23-32(46)27-35(36)48-42(53)40(50-43(54)44(56-4-2)49(45(50)55)29-30-19-14-13-15-20-30)41(52)33-28-38(51)58-37-26-31-21-16-17-22-34(31)47-39(33)37/h13-17,19-24,26-28,40,44H,3-12,18,25,29H2,1-2H3,(H,48,53). The van der Waals surface area contributed by atoms with Gasteiger partial charge in [-0.25, -0.2) is 19.5 Å². The number of fused-ring (bicyclic) bond motifs is 2. The predicted octanol–water partition coefficient (Wildman–Crippen LogP) is 9.31. The summed E-state index contributed by atoms with van der Waals surface area (Å²) in [6.45, 7) is 4.25. The lowest BCUT2D eigenvalue weighted by atomic mass is 10.0. The minimum absolute atomic E-state index is 0.0109. The van der Waals surface area contributed by atoms with Crippen LogP contribution in [0.25, 0.3) is 22.0 Å². The quantitative estimate of drug-likeness (QED) is 0.0252. The summed E-state index contributed by atoms with van der Waals surface area (Å²) in [5.41, 5.74) is 0.0752. The zero-order chi connectivity index (χ0) is 41.0. The van der Waals surface area contributed by atoms with Gasteiger partial charge in [-0.05, 0) is 49.2 Å². The second kappa shape index (κ2) is 20.2. The number of Topliss-reactive ketones (excluding diaryl/α,β-unsaturated/α-hetero) is 1. The maximum absolute atomic E-state index is 14.9. The molecule has 6 rings (SSSR count). The van der Waals surface area contributed by atoms with E-state index in [1.54, 1.807) is 73.7 Å². The van der Waals surface area contributed by atoms with Crippen LogP contribution in [0, 0.1) is 0 Å². The van der Waals surface area contributed by atoms with E-state index in [0.29, 0.717) is 28.0 Å². The van der Waals surface area contributed by atoms with Crippen LogP contribution in [0.5, 0.6) is 5.75 Å². The smallest absolute Gasteiger partial charge is 0.337 e. The Labute approximate surface area is 342 Å². The van der Waals surface area contributed by atoms with E-state index < -0.39 is 41.5 Å². The third-order valence-corrected chi connectivity index (χ3v) is 10.3. The number of carbonyl (C=O) groups is 4. The second-order valence-electron chi connectivity index (χ2n) is 14.3. The molecule has 1 fully saturated rings. The van der Waals surface area contributed by atoms with Crippen LogP contribution in [0.2, 0.25) is 5.02 Å². The zero-order valence-corrected chi connectivity index (χ0v) is 33.7. The summed E-state index contributed by atoms with van der Waals surface area (Å²) in [5, 5.41) is 3.63. The number of aromatic nitrogens is 1. The Kier molecular flexibility index (Phi) is 14.6. The van der Waals surface area contributed by atoms with Gasteiger partial charge in [0, 0.05) is 23.1 Å². The van der Waals surface area contributed by atoms with Crippen LogP contribution in [0.15, 0.2) is 94.1 Å². The molecule has 0 spiro atoms. The summed E-state index contributed by atoms with van der Waals surface area (Å²) < 4.78 is 17.3. The largest absolute Gasteiger partial charge is 0.491 e. The Bertz CT molecular complexity index is 2300. The Balaban J connectivity index is 1.30. The summed E-state index contributed by atoms with van der Waals surface area (Å²) in [4.78, 5) is 77.5. The maximum atomic E-state index is 14.9. The summed E-state index contributed by atoms with van der Waals surface area (Å²) >= 11 is 6.40. The van der Waals surface area contributed by atoms with Crippen molar-refractivity contribution < 1.29 is 33.1 Å². The van der Waals surface area contributed by atoms with Gasteiger partial charge in [-0.3, -0.25) is 19.3 Å². The van der Waals surface area contributed by atoms with Crippen molar-refractivity contribution >= 4 is 62.9 Å². The van der Waals surface area contributed by atoms with Crippen molar-refractivity contribution in [3.8, 4) is 5.75 Å². The number of nitrogens with one attached hydrogen (secondary N) is 1. The van der Waals surface area contributed by atoms with E-state index >= 15 is 0 Å². The molecular formula is C45H49ClN4O8. The van der Waals surface area contributed by atoms with Gasteiger partial charge in [0.25, 0.3) is 11.8 Å². The summed E-state index contributed by atoms with van der Waals surface area (Å²) in [5.74, 6) is -2.72. The lowest BCUT2D eigenvalue weighted by Crippen LogP contribution is -2.52. The van der Waals surface area contributed by atoms with Crippen LogP contribution in [0.4, 0.5) is 10.5 Å². The number of imide groups is 1. The number of urea groups is 1. The van der Waals surface area contributed by atoms with Crippen LogP contribution >= 0.6 is 11.6 Å². The number of rotatable bonds is 21. The number of ketones is 1. The number of unbranched alkanes of at least 4 members (excludes halogenated alkanes) is 9. The molecule has 0 aliphatic carbocycles. The van der Waals surface area contributed by atoms with E-state index in [-0.39, 0.29) is 46.3 Å². The first-order chi connectivity index (χ1) is 28.2. The van der Waals surface area contributed by atoms with Gasteiger partial charge < -0.3 is 19.2 Å². The number of benzene rings is 3. The molecule has 2 atom stereocenters. The second-order valence-corrected chi connectivity index (χ2v) is 14.8. The molecule has 1 aliphatic rings. The highest BCUT2D eigenvalue weighted by atomic mass is 35.5. The van der Waals surface area contributed by atoms with E-state index in [0.717, 1.165) is 31.7 Å². The average molecular weight is 809 g/mol. The molecule has 2 aromatic heterocycles. The van der Waals surface area contributed by atoms with Gasteiger partial charge in [-0.1, -0.05) is 125 Å². The number of pyridine rings is 1. The molecule has 1 aliphatic heterocycles. The molecular weight excluding hydrogens is 760 g/mol. The van der Waals surface area contributed by atoms with Gasteiger partial charge in [-0.15, -0.1) is 0 Å². The van der Waals surface area contributed by atoms with Crippen molar-refractivity contribution in [2.24, 2.45) is 0 Å². The van der Waals surface area contributed by atoms with Crippen molar-refractivity contribution in [1.82, 2.24) is 14.8 Å². The molecule has 1 saturated heterocycles. The lowest BCUT2D eigenvalue weighted by Gasteiger charge is -2.25. The molecule has 13 heteroatoms. The van der Waals surface area contributed by atoms with Crippen molar-refractivity contribution in [3.05, 3.63) is 111 Å². The average Bonchev–Trinajstić information content (AvgIpc) is 3.43. The van der Waals surface area contributed by atoms with Crippen molar-refractivity contribution in [2.45, 2.75) is 96.9 Å². The van der Waals surface area contributed by atoms with Crippen molar-refractivity contribution in [1.29, 1.82) is 0 Å². The van der Waals surface area contributed by atoms with Crippen LogP contribution in [-0.2, 0) is 20.9 Å². The minimum atomic E-state index is -2.11. The Morgan fingerprint density at radius 1 is 0.845 bits per heavy atom. The zero-order valence-electron chi connectivity index (χ0n) is 32.9. The summed E-state index contributed by atoms with van der Waals surface area (Å²) in [7, 11) is 0. The van der Waals surface area contributed by atoms with E-state index in [1.807, 2.05) is 6.07 Å². The predicted molar refractivity (Wildman–Crippen MR) is 223 cm³/mol. The van der Waals surface area contributed by atoms with Gasteiger partial charge in [-0.2, -0.15) is 0 Å². The summed E-state index contributed by atoms with van der Waals surface area (Å²) in [6.07, 6.45) is 10.1. The van der Waals surface area contributed by atoms with Gasteiger partial charge in [0.05, 0.1) is 29.9 Å². The molecule has 0 saturated carbocycles. The number of para-hydroxylation sites is 1. The Morgan fingerprint density at radius 3 is 2.26 bits per heavy atom. The first-order valence-corrected chi connectivity index (χ1v) is 20.5. The fourth-order valence-electron chi connectivity index (χ4n) is 7.15. The molecule has 4 amide bonds. The topological polar surface area (TPSA) is 148 Å². The van der Waals surface area contributed by atoms with Crippen LogP contribution in [0.3, 0.4) is 0 Å². The van der Waals surface area contributed by atoms with Gasteiger partial charge >= 0.3 is 11.7 Å². The number of ether oxygens (including phenoxy) is 2. The Morgan fingerprint density at radius 2 is 1.53 bits per heavy atom. The van der Waals surface area contributed by atoms with E-state index in [1.165, 1.54) is 49.5 Å². The van der Waals surface area contributed by atoms with E-state index in [9.17, 15) is 24.0 Å². The fraction of sp³-hybridized carbons (Fsp3) is 0.378. The highest BCUT2D eigenvalue weighted by Crippen LogP contribution is 2.32. The number of amides is 4. The lowest BCUT2D eigenvalue weighted by molar-refractivity contribution is -0.144. The Hall–Kier alpha value is -5.59. The molecule has 58 heavy (non-hydrogen) atoms. The van der Waals surface area contributed by atoms with E-state index in [2.05, 4.69) is 17.2 Å². The van der Waals surface area contributed by atoms with Gasteiger partial charge in [0.15, 0.2) is 17.4 Å². The molecule has 304 valence electrons. The molecule has 12 nitrogen and oxygen atoms in total. The normalized spacial score (nSPS) is 14.7. The SMILES string of the molecule is CCCCCCCCCCCCOc1ccc(Cl)cc1NC(=O)C(C(=O)c1cc(=O)oc2cc3ccccc3nc12)N1C(=O)C(OCC)N(Cc2ccccc2)C1=O. The van der Waals surface area contributed by atoms with Crippen molar-refractivity contribution in [2.75, 3.05) is 18.5 Å². The van der Waals surface area contributed by atoms with E-state index in [4.69, 9.17) is 25.5 Å². The monoisotopic (exact) mass is 808 g/mol. The number of anilines is 1. The minimum Gasteiger partial charge on any atom is -0.491 e. The third kappa shape index (κ3) is 10.1. The number of nitrogens with zero attached hydrogens (tertiary/aromatic N) is 3.